The molecule has 0 N–H and O–H groups in total. The van der Waals surface area contributed by atoms with Crippen LogP contribution in [0.25, 0.3) is 10.8 Å². The van der Waals surface area contributed by atoms with E-state index in [2.05, 4.69) is 0 Å². The monoisotopic (exact) mass is 360 g/mol. The van der Waals surface area contributed by atoms with E-state index < -0.39 is 10.0 Å². The molecule has 0 spiro atoms. The second-order valence-corrected chi connectivity index (χ2v) is 8.53. The van der Waals surface area contributed by atoms with Crippen molar-refractivity contribution < 1.29 is 17.9 Å². The Morgan fingerprint density at radius 3 is 2.44 bits per heavy atom. The lowest BCUT2D eigenvalue weighted by molar-refractivity contribution is -0.141. The average Bonchev–Trinajstić information content (AvgIpc) is 2.77. The molecular formula is C18H20N2O4S. The maximum Gasteiger partial charge on any atom is 0.265 e. The lowest BCUT2D eigenvalue weighted by atomic mass is 10.1. The van der Waals surface area contributed by atoms with Crippen LogP contribution in [0, 0.1) is 0 Å². The van der Waals surface area contributed by atoms with Crippen LogP contribution in [-0.4, -0.2) is 51.1 Å². The number of carbonyl (C=O) groups is 1. The van der Waals surface area contributed by atoms with Gasteiger partial charge in [0, 0.05) is 18.5 Å². The number of ether oxygens (including phenoxy) is 1. The summed E-state index contributed by atoms with van der Waals surface area (Å²) in [6.07, 6.45) is -0.105. The lowest BCUT2D eigenvalue weighted by Crippen LogP contribution is -2.51. The zero-order valence-electron chi connectivity index (χ0n) is 14.2. The first-order valence-electron chi connectivity index (χ1n) is 8.35. The Morgan fingerprint density at radius 1 is 1.12 bits per heavy atom. The molecule has 4 rings (SSSR count). The molecule has 1 fully saturated rings. The first kappa shape index (κ1) is 16.4. The fraction of sp³-hybridized carbons (Fsp3) is 0.389. The Morgan fingerprint density at radius 2 is 1.76 bits per heavy atom. The second-order valence-electron chi connectivity index (χ2n) is 6.70. The van der Waals surface area contributed by atoms with Crippen molar-refractivity contribution in [2.45, 2.75) is 31.0 Å². The first-order valence-corrected chi connectivity index (χ1v) is 9.79. The summed E-state index contributed by atoms with van der Waals surface area (Å²) < 4.78 is 32.8. The van der Waals surface area contributed by atoms with Gasteiger partial charge in [-0.25, -0.2) is 8.42 Å². The van der Waals surface area contributed by atoms with E-state index in [0.29, 0.717) is 24.2 Å². The molecule has 25 heavy (non-hydrogen) atoms. The normalized spacial score (nSPS) is 24.7. The van der Waals surface area contributed by atoms with Gasteiger partial charge in [0.05, 0.1) is 22.8 Å². The number of nitrogens with zero attached hydrogens (tertiary/aromatic N) is 2. The Hall–Kier alpha value is -2.12. The molecule has 0 aliphatic carbocycles. The Labute approximate surface area is 147 Å². The van der Waals surface area contributed by atoms with Crippen LogP contribution in [0.2, 0.25) is 0 Å². The molecule has 0 unspecified atom stereocenters. The molecule has 2 heterocycles. The number of rotatable bonds is 2. The number of benzene rings is 2. The van der Waals surface area contributed by atoms with Crippen LogP contribution in [0.15, 0.2) is 41.3 Å². The van der Waals surface area contributed by atoms with Gasteiger partial charge in [0.15, 0.2) is 0 Å². The zero-order valence-corrected chi connectivity index (χ0v) is 15.0. The van der Waals surface area contributed by atoms with Crippen molar-refractivity contribution >= 4 is 32.4 Å². The largest absolute Gasteiger partial charge is 0.372 e. The quantitative estimate of drug-likeness (QED) is 0.821. The molecule has 1 saturated heterocycles. The predicted molar refractivity (Wildman–Crippen MR) is 95.1 cm³/mol. The lowest BCUT2D eigenvalue weighted by Gasteiger charge is -2.36. The molecule has 132 valence electrons. The Balaban J connectivity index is 1.68. The van der Waals surface area contributed by atoms with Gasteiger partial charge in [0.25, 0.3) is 10.0 Å². The van der Waals surface area contributed by atoms with Crippen LogP contribution in [0.5, 0.6) is 0 Å². The summed E-state index contributed by atoms with van der Waals surface area (Å²) in [5.41, 5.74) is 0.579. The maximum atomic E-state index is 12.9. The van der Waals surface area contributed by atoms with Gasteiger partial charge in [0.1, 0.15) is 6.54 Å². The summed E-state index contributed by atoms with van der Waals surface area (Å²) in [6.45, 7) is 4.61. The van der Waals surface area contributed by atoms with E-state index in [1.165, 1.54) is 4.31 Å². The highest BCUT2D eigenvalue weighted by Gasteiger charge is 2.38. The van der Waals surface area contributed by atoms with Crippen LogP contribution >= 0.6 is 0 Å². The van der Waals surface area contributed by atoms with Crippen LogP contribution in [-0.2, 0) is 19.6 Å². The number of hydrogen-bond acceptors (Lipinski definition) is 4. The van der Waals surface area contributed by atoms with E-state index in [1.807, 2.05) is 32.0 Å². The third-order valence-corrected chi connectivity index (χ3v) is 6.53. The highest BCUT2D eigenvalue weighted by atomic mass is 32.2. The van der Waals surface area contributed by atoms with Gasteiger partial charge in [0.2, 0.25) is 5.91 Å². The Kier molecular flexibility index (Phi) is 3.73. The van der Waals surface area contributed by atoms with Gasteiger partial charge in [-0.15, -0.1) is 0 Å². The molecule has 0 aromatic heterocycles. The van der Waals surface area contributed by atoms with Crippen LogP contribution in [0.3, 0.4) is 0 Å². The number of morpholine rings is 1. The van der Waals surface area contributed by atoms with Gasteiger partial charge in [-0.3, -0.25) is 9.10 Å². The molecule has 0 bridgehead atoms. The maximum absolute atomic E-state index is 12.9. The van der Waals surface area contributed by atoms with Crippen molar-refractivity contribution in [3.63, 3.8) is 0 Å². The highest BCUT2D eigenvalue weighted by molar-refractivity contribution is 7.93. The van der Waals surface area contributed by atoms with Crippen LogP contribution in [0.4, 0.5) is 5.69 Å². The molecular weight excluding hydrogens is 340 g/mol. The van der Waals surface area contributed by atoms with E-state index in [4.69, 9.17) is 4.74 Å². The summed E-state index contributed by atoms with van der Waals surface area (Å²) in [7, 11) is -3.70. The summed E-state index contributed by atoms with van der Waals surface area (Å²) in [6, 6.07) is 10.7. The molecule has 2 aromatic rings. The van der Waals surface area contributed by atoms with Crippen molar-refractivity contribution in [1.82, 2.24) is 4.90 Å². The fourth-order valence-electron chi connectivity index (χ4n) is 3.73. The second kappa shape index (κ2) is 5.71. The van der Waals surface area contributed by atoms with Crippen molar-refractivity contribution in [2.24, 2.45) is 0 Å². The van der Waals surface area contributed by atoms with Gasteiger partial charge in [-0.2, -0.15) is 0 Å². The van der Waals surface area contributed by atoms with Gasteiger partial charge in [-0.1, -0.05) is 24.3 Å². The minimum Gasteiger partial charge on any atom is -0.372 e. The SMILES string of the molecule is C[C@@H]1CN(C(=O)CN2c3cccc4cccc(c34)S2(=O)=O)C[C@H](C)O1. The number of sulfonamides is 1. The van der Waals surface area contributed by atoms with Crippen molar-refractivity contribution in [3.05, 3.63) is 36.4 Å². The number of carbonyl (C=O) groups excluding carboxylic acids is 1. The molecule has 6 nitrogen and oxygen atoms in total. The minimum absolute atomic E-state index is 0.0523. The van der Waals surface area contributed by atoms with E-state index in [1.54, 1.807) is 23.1 Å². The summed E-state index contributed by atoms with van der Waals surface area (Å²) in [4.78, 5) is 14.7. The highest BCUT2D eigenvalue weighted by Crippen LogP contribution is 2.41. The first-order chi connectivity index (χ1) is 11.9. The van der Waals surface area contributed by atoms with E-state index >= 15 is 0 Å². The third-order valence-electron chi connectivity index (χ3n) is 4.73. The number of amides is 1. The summed E-state index contributed by atoms with van der Waals surface area (Å²) >= 11 is 0. The molecule has 1 amide bonds. The van der Waals surface area contributed by atoms with Crippen molar-refractivity contribution in [2.75, 3.05) is 23.9 Å². The van der Waals surface area contributed by atoms with Crippen LogP contribution < -0.4 is 4.31 Å². The summed E-state index contributed by atoms with van der Waals surface area (Å²) in [5, 5.41) is 1.56. The third kappa shape index (κ3) is 2.58. The van der Waals surface area contributed by atoms with E-state index in [9.17, 15) is 13.2 Å². The predicted octanol–water partition coefficient (Wildman–Crippen LogP) is 1.98. The molecule has 2 aromatic carbocycles. The van der Waals surface area contributed by atoms with Gasteiger partial charge < -0.3 is 9.64 Å². The molecule has 2 aliphatic rings. The standard InChI is InChI=1S/C18H20N2O4S/c1-12-9-19(10-13(2)24-12)17(21)11-20-15-7-3-5-14-6-4-8-16(18(14)15)25(20,22)23/h3-8,12-13H,9-11H2,1-2H3/t12-,13+. The van der Waals surface area contributed by atoms with Crippen molar-refractivity contribution in [3.8, 4) is 0 Å². The molecule has 2 aliphatic heterocycles. The van der Waals surface area contributed by atoms with E-state index in [0.717, 1.165) is 5.39 Å². The average molecular weight is 360 g/mol. The Bertz CT molecular complexity index is 941. The smallest absolute Gasteiger partial charge is 0.265 e. The van der Waals surface area contributed by atoms with E-state index in [-0.39, 0.29) is 29.6 Å². The fourth-order valence-corrected chi connectivity index (χ4v) is 5.39. The number of hydrogen-bond donors (Lipinski definition) is 0. The minimum atomic E-state index is -3.70. The van der Waals surface area contributed by atoms with Crippen LogP contribution in [0.1, 0.15) is 13.8 Å². The van der Waals surface area contributed by atoms with Gasteiger partial charge >= 0.3 is 0 Å². The number of anilines is 1. The van der Waals surface area contributed by atoms with Crippen molar-refractivity contribution in [1.29, 1.82) is 0 Å². The molecule has 0 saturated carbocycles. The summed E-state index contributed by atoms with van der Waals surface area (Å²) in [5.74, 6) is -0.199. The molecule has 0 radical (unpaired) electrons. The molecule has 7 heteroatoms. The molecule has 2 atom stereocenters. The van der Waals surface area contributed by atoms with Gasteiger partial charge in [-0.05, 0) is 31.4 Å². The topological polar surface area (TPSA) is 66.9 Å². The zero-order chi connectivity index (χ0) is 17.8.